The van der Waals surface area contributed by atoms with E-state index in [1.165, 1.54) is 41.7 Å². The summed E-state index contributed by atoms with van der Waals surface area (Å²) in [4.78, 5) is 12.6. The summed E-state index contributed by atoms with van der Waals surface area (Å²) in [6, 6.07) is 19.5. The molecular formula is C23H18Cl2N4O4S. The van der Waals surface area contributed by atoms with Crippen molar-refractivity contribution in [2.75, 3.05) is 12.4 Å². The van der Waals surface area contributed by atoms with Gasteiger partial charge >= 0.3 is 6.01 Å². The van der Waals surface area contributed by atoms with Gasteiger partial charge in [-0.3, -0.25) is 10.1 Å². The number of hydrogen-bond acceptors (Lipinski definition) is 6. The first-order valence-corrected chi connectivity index (χ1v) is 12.1. The van der Waals surface area contributed by atoms with Crippen LogP contribution in [0.1, 0.15) is 15.9 Å². The highest BCUT2D eigenvalue weighted by Crippen LogP contribution is 2.30. The molecule has 0 aliphatic rings. The Labute approximate surface area is 206 Å². The van der Waals surface area contributed by atoms with Gasteiger partial charge in [0.25, 0.3) is 11.8 Å². The molecule has 0 atom stereocenters. The van der Waals surface area contributed by atoms with E-state index in [2.05, 4.69) is 15.5 Å². The van der Waals surface area contributed by atoms with E-state index >= 15 is 0 Å². The highest BCUT2D eigenvalue weighted by Gasteiger charge is 2.22. The molecule has 11 heteroatoms. The van der Waals surface area contributed by atoms with Gasteiger partial charge in [0.2, 0.25) is 10.0 Å². The molecule has 174 valence electrons. The second kappa shape index (κ2) is 9.94. The van der Waals surface area contributed by atoms with Gasteiger partial charge in [-0.05, 0) is 48.0 Å². The molecule has 1 heterocycles. The Morgan fingerprint density at radius 1 is 1.00 bits per heavy atom. The fourth-order valence-electron chi connectivity index (χ4n) is 3.10. The first kappa shape index (κ1) is 23.9. The Balaban J connectivity index is 1.45. The van der Waals surface area contributed by atoms with E-state index in [4.69, 9.17) is 27.6 Å². The van der Waals surface area contributed by atoms with Crippen molar-refractivity contribution >= 4 is 45.1 Å². The predicted octanol–water partition coefficient (Wildman–Crippen LogP) is 5.12. The molecule has 0 bridgehead atoms. The lowest BCUT2D eigenvalue weighted by Crippen LogP contribution is -2.26. The first-order valence-electron chi connectivity index (χ1n) is 9.94. The molecule has 34 heavy (non-hydrogen) atoms. The van der Waals surface area contributed by atoms with Gasteiger partial charge in [0.05, 0.1) is 15.5 Å². The zero-order chi connectivity index (χ0) is 24.3. The van der Waals surface area contributed by atoms with Gasteiger partial charge in [-0.2, -0.15) is 4.31 Å². The van der Waals surface area contributed by atoms with Crippen LogP contribution in [0.25, 0.3) is 11.5 Å². The Morgan fingerprint density at radius 3 is 2.38 bits per heavy atom. The number of aromatic nitrogens is 2. The van der Waals surface area contributed by atoms with E-state index < -0.39 is 15.9 Å². The lowest BCUT2D eigenvalue weighted by molar-refractivity contribution is 0.102. The topological polar surface area (TPSA) is 105 Å². The molecule has 0 aliphatic heterocycles. The molecule has 1 aromatic heterocycles. The van der Waals surface area contributed by atoms with E-state index in [0.717, 1.165) is 5.56 Å². The Bertz CT molecular complexity index is 1430. The smallest absolute Gasteiger partial charge is 0.322 e. The Morgan fingerprint density at radius 2 is 1.71 bits per heavy atom. The van der Waals surface area contributed by atoms with Crippen LogP contribution < -0.4 is 5.32 Å². The monoisotopic (exact) mass is 516 g/mol. The number of hydrogen-bond donors (Lipinski definition) is 1. The molecule has 3 aromatic carbocycles. The highest BCUT2D eigenvalue weighted by molar-refractivity contribution is 7.89. The van der Waals surface area contributed by atoms with Crippen molar-refractivity contribution in [3.05, 3.63) is 94.0 Å². The summed E-state index contributed by atoms with van der Waals surface area (Å²) >= 11 is 12.0. The minimum atomic E-state index is -3.73. The molecule has 0 unspecified atom stereocenters. The molecule has 4 rings (SSSR count). The SMILES string of the molecule is CN(Cc1ccccc1)S(=O)(=O)c1ccc(C(=O)Nc2nnc(-c3ccc(Cl)cc3Cl)o2)cc1. The number of benzene rings is 3. The number of nitrogens with zero attached hydrogens (tertiary/aromatic N) is 3. The van der Waals surface area contributed by atoms with E-state index in [-0.39, 0.29) is 28.9 Å². The molecule has 0 saturated heterocycles. The Kier molecular flexibility index (Phi) is 6.99. The van der Waals surface area contributed by atoms with Crippen LogP contribution in [-0.4, -0.2) is 35.9 Å². The summed E-state index contributed by atoms with van der Waals surface area (Å²) in [7, 11) is -2.23. The zero-order valence-electron chi connectivity index (χ0n) is 17.8. The predicted molar refractivity (Wildman–Crippen MR) is 129 cm³/mol. The van der Waals surface area contributed by atoms with Gasteiger partial charge < -0.3 is 4.42 Å². The average molecular weight is 517 g/mol. The van der Waals surface area contributed by atoms with Crippen LogP contribution in [0, 0.1) is 0 Å². The molecule has 0 radical (unpaired) electrons. The minimum Gasteiger partial charge on any atom is -0.403 e. The zero-order valence-corrected chi connectivity index (χ0v) is 20.1. The molecule has 4 aromatic rings. The number of rotatable bonds is 7. The van der Waals surface area contributed by atoms with Crippen molar-refractivity contribution in [2.45, 2.75) is 11.4 Å². The first-order chi connectivity index (χ1) is 16.2. The van der Waals surface area contributed by atoms with Crippen LogP contribution in [0.15, 0.2) is 82.1 Å². The number of halogens is 2. The third-order valence-corrected chi connectivity index (χ3v) is 7.25. The van der Waals surface area contributed by atoms with Gasteiger partial charge in [0, 0.05) is 24.2 Å². The molecule has 0 aliphatic carbocycles. The van der Waals surface area contributed by atoms with Crippen LogP contribution in [0.3, 0.4) is 0 Å². The van der Waals surface area contributed by atoms with E-state index in [1.807, 2.05) is 30.3 Å². The van der Waals surface area contributed by atoms with Gasteiger partial charge in [-0.1, -0.05) is 58.6 Å². The minimum absolute atomic E-state index is 0.0694. The van der Waals surface area contributed by atoms with Crippen LogP contribution >= 0.6 is 23.2 Å². The summed E-state index contributed by atoms with van der Waals surface area (Å²) in [5.41, 5.74) is 1.55. The molecule has 1 N–H and O–H groups in total. The van der Waals surface area contributed by atoms with Crippen LogP contribution in [-0.2, 0) is 16.6 Å². The number of anilines is 1. The van der Waals surface area contributed by atoms with Crippen molar-refractivity contribution in [2.24, 2.45) is 0 Å². The lowest BCUT2D eigenvalue weighted by Gasteiger charge is -2.17. The number of nitrogens with one attached hydrogen (secondary N) is 1. The quantitative estimate of drug-likeness (QED) is 0.365. The second-order valence-electron chi connectivity index (χ2n) is 7.26. The third kappa shape index (κ3) is 5.28. The van der Waals surface area contributed by atoms with Crippen LogP contribution in [0.4, 0.5) is 6.01 Å². The van der Waals surface area contributed by atoms with E-state index in [0.29, 0.717) is 15.6 Å². The van der Waals surface area contributed by atoms with Crippen molar-refractivity contribution < 1.29 is 17.6 Å². The summed E-state index contributed by atoms with van der Waals surface area (Å²) in [6.07, 6.45) is 0. The summed E-state index contributed by atoms with van der Waals surface area (Å²) in [5.74, 6) is -0.432. The molecule has 0 saturated carbocycles. The number of carbonyl (C=O) groups excluding carboxylic acids is 1. The van der Waals surface area contributed by atoms with Crippen molar-refractivity contribution in [3.8, 4) is 11.5 Å². The largest absolute Gasteiger partial charge is 0.403 e. The van der Waals surface area contributed by atoms with Crippen molar-refractivity contribution in [1.82, 2.24) is 14.5 Å². The van der Waals surface area contributed by atoms with Crippen LogP contribution in [0.5, 0.6) is 0 Å². The summed E-state index contributed by atoms with van der Waals surface area (Å²) in [6.45, 7) is 0.225. The third-order valence-electron chi connectivity index (χ3n) is 4.88. The highest BCUT2D eigenvalue weighted by atomic mass is 35.5. The van der Waals surface area contributed by atoms with Crippen molar-refractivity contribution in [1.29, 1.82) is 0 Å². The number of carbonyl (C=O) groups is 1. The molecule has 0 spiro atoms. The maximum atomic E-state index is 12.9. The fraction of sp³-hybridized carbons (Fsp3) is 0.0870. The van der Waals surface area contributed by atoms with E-state index in [1.54, 1.807) is 12.1 Å². The summed E-state index contributed by atoms with van der Waals surface area (Å²) < 4.78 is 32.4. The fourth-order valence-corrected chi connectivity index (χ4v) is 4.75. The standard InChI is InChI=1S/C23H18Cl2N4O4S/c1-29(14-15-5-3-2-4-6-15)34(31,32)18-10-7-16(8-11-18)21(30)26-23-28-27-22(33-23)19-12-9-17(24)13-20(19)25/h2-13H,14H2,1H3,(H,26,28,30). The van der Waals surface area contributed by atoms with Crippen LogP contribution in [0.2, 0.25) is 10.0 Å². The normalized spacial score (nSPS) is 11.5. The van der Waals surface area contributed by atoms with Gasteiger partial charge in [0.1, 0.15) is 0 Å². The van der Waals surface area contributed by atoms with Gasteiger partial charge in [0.15, 0.2) is 0 Å². The lowest BCUT2D eigenvalue weighted by atomic mass is 10.2. The van der Waals surface area contributed by atoms with Crippen molar-refractivity contribution in [3.63, 3.8) is 0 Å². The second-order valence-corrected chi connectivity index (χ2v) is 10.2. The Hall–Kier alpha value is -3.24. The van der Waals surface area contributed by atoms with Gasteiger partial charge in [-0.25, -0.2) is 8.42 Å². The van der Waals surface area contributed by atoms with E-state index in [9.17, 15) is 13.2 Å². The maximum Gasteiger partial charge on any atom is 0.322 e. The average Bonchev–Trinajstić information content (AvgIpc) is 3.27. The molecule has 8 nitrogen and oxygen atoms in total. The summed E-state index contributed by atoms with van der Waals surface area (Å²) in [5, 5.41) is 10.9. The van der Waals surface area contributed by atoms with Gasteiger partial charge in [-0.15, -0.1) is 5.10 Å². The number of amides is 1. The number of sulfonamides is 1. The molecule has 1 amide bonds. The molecular weight excluding hydrogens is 499 g/mol. The maximum absolute atomic E-state index is 12.9. The molecule has 0 fully saturated rings.